The van der Waals surface area contributed by atoms with Crippen molar-refractivity contribution in [1.29, 1.82) is 0 Å². The number of hydrogen-bond donors (Lipinski definition) is 2. The molecular weight excluding hydrogens is 465 g/mol. The van der Waals surface area contributed by atoms with Gasteiger partial charge in [0.2, 0.25) is 0 Å². The Bertz CT molecular complexity index is 1490. The van der Waals surface area contributed by atoms with Crippen LogP contribution in [0, 0.1) is 6.92 Å². The van der Waals surface area contributed by atoms with Gasteiger partial charge in [0.25, 0.3) is 17.4 Å². The SMILES string of the molecule is CCn1nc(C(=O)NNC(=O)c2cnn(-c3ccc(C)cc3)c2C(F)(F)F)c2ccccc2c1=O. The molecule has 0 atom stereocenters. The third kappa shape index (κ3) is 4.50. The van der Waals surface area contributed by atoms with Crippen LogP contribution in [-0.2, 0) is 12.7 Å². The van der Waals surface area contributed by atoms with E-state index in [0.29, 0.717) is 4.68 Å². The lowest BCUT2D eigenvalue weighted by Crippen LogP contribution is -2.43. The molecule has 2 N–H and O–H groups in total. The summed E-state index contributed by atoms with van der Waals surface area (Å²) in [5.41, 5.74) is 2.36. The van der Waals surface area contributed by atoms with Crippen LogP contribution in [-0.4, -0.2) is 31.4 Å². The van der Waals surface area contributed by atoms with Crippen molar-refractivity contribution in [3.8, 4) is 5.69 Å². The number of nitrogens with one attached hydrogen (secondary N) is 2. The maximum Gasteiger partial charge on any atom is 0.434 e. The second-order valence-electron chi connectivity index (χ2n) is 7.58. The third-order valence-corrected chi connectivity index (χ3v) is 5.23. The van der Waals surface area contributed by atoms with Gasteiger partial charge in [0, 0.05) is 11.9 Å². The maximum absolute atomic E-state index is 13.9. The lowest BCUT2D eigenvalue weighted by molar-refractivity contribution is -0.143. The minimum absolute atomic E-state index is 0.114. The fourth-order valence-corrected chi connectivity index (χ4v) is 3.53. The van der Waals surface area contributed by atoms with E-state index >= 15 is 0 Å². The fourth-order valence-electron chi connectivity index (χ4n) is 3.53. The minimum Gasteiger partial charge on any atom is -0.267 e. The van der Waals surface area contributed by atoms with Crippen LogP contribution >= 0.6 is 0 Å². The van der Waals surface area contributed by atoms with Crippen LogP contribution in [0.2, 0.25) is 0 Å². The smallest absolute Gasteiger partial charge is 0.267 e. The van der Waals surface area contributed by atoms with Crippen molar-refractivity contribution < 1.29 is 22.8 Å². The molecule has 2 aromatic carbocycles. The lowest BCUT2D eigenvalue weighted by Gasteiger charge is -2.14. The Morgan fingerprint density at radius 1 is 0.971 bits per heavy atom. The van der Waals surface area contributed by atoms with Gasteiger partial charge in [0.1, 0.15) is 0 Å². The molecule has 0 radical (unpaired) electrons. The van der Waals surface area contributed by atoms with Gasteiger partial charge in [0.15, 0.2) is 11.4 Å². The number of rotatable bonds is 4. The molecule has 9 nitrogen and oxygen atoms in total. The highest BCUT2D eigenvalue weighted by Gasteiger charge is 2.40. The van der Waals surface area contributed by atoms with Crippen LogP contribution in [0.1, 0.15) is 39.0 Å². The second-order valence-corrected chi connectivity index (χ2v) is 7.58. The molecule has 12 heteroatoms. The molecule has 0 aliphatic heterocycles. The number of aryl methyl sites for hydroxylation is 2. The van der Waals surface area contributed by atoms with Crippen molar-refractivity contribution in [2.24, 2.45) is 0 Å². The summed E-state index contributed by atoms with van der Waals surface area (Å²) < 4.78 is 43.3. The zero-order chi connectivity index (χ0) is 25.3. The van der Waals surface area contributed by atoms with E-state index in [4.69, 9.17) is 0 Å². The van der Waals surface area contributed by atoms with Gasteiger partial charge in [-0.1, -0.05) is 35.9 Å². The van der Waals surface area contributed by atoms with E-state index in [1.54, 1.807) is 38.1 Å². The number of carbonyl (C=O) groups excluding carboxylic acids is 2. The summed E-state index contributed by atoms with van der Waals surface area (Å²) >= 11 is 0. The Morgan fingerprint density at radius 2 is 1.60 bits per heavy atom. The van der Waals surface area contributed by atoms with Crippen LogP contribution in [0.4, 0.5) is 13.2 Å². The molecule has 0 bridgehead atoms. The Balaban J connectivity index is 1.63. The van der Waals surface area contributed by atoms with E-state index < -0.39 is 34.8 Å². The predicted molar refractivity (Wildman–Crippen MR) is 120 cm³/mol. The Morgan fingerprint density at radius 3 is 2.23 bits per heavy atom. The molecule has 4 rings (SSSR count). The predicted octanol–water partition coefficient (Wildman–Crippen LogP) is 3.00. The van der Waals surface area contributed by atoms with E-state index in [2.05, 4.69) is 15.6 Å². The zero-order valence-corrected chi connectivity index (χ0v) is 18.6. The summed E-state index contributed by atoms with van der Waals surface area (Å²) in [6.07, 6.45) is -4.14. The Labute approximate surface area is 196 Å². The van der Waals surface area contributed by atoms with Gasteiger partial charge in [0.05, 0.1) is 22.8 Å². The molecule has 0 saturated heterocycles. The summed E-state index contributed by atoms with van der Waals surface area (Å²) in [7, 11) is 0. The molecule has 0 aliphatic rings. The molecule has 2 heterocycles. The molecule has 0 saturated carbocycles. The molecule has 0 unspecified atom stereocenters. The average molecular weight is 484 g/mol. The number of nitrogens with zero attached hydrogens (tertiary/aromatic N) is 4. The van der Waals surface area contributed by atoms with Crippen LogP contribution in [0.15, 0.2) is 59.5 Å². The number of hydrogen-bond acceptors (Lipinski definition) is 5. The van der Waals surface area contributed by atoms with Crippen LogP contribution in [0.25, 0.3) is 16.5 Å². The van der Waals surface area contributed by atoms with E-state index in [9.17, 15) is 27.6 Å². The number of hydrazine groups is 1. The standard InChI is InChI=1S/C23H19F3N6O3/c1-3-31-22(35)16-7-5-4-6-15(16)18(30-31)21(34)29-28-20(33)17-12-27-32(19(17)23(24,25)26)14-10-8-13(2)9-11-14/h4-12H,3H2,1-2H3,(H,28,33)(H,29,34). The molecule has 2 aromatic heterocycles. The minimum atomic E-state index is -4.91. The summed E-state index contributed by atoms with van der Waals surface area (Å²) in [5, 5.41) is 8.23. The van der Waals surface area contributed by atoms with E-state index in [1.165, 1.54) is 24.3 Å². The summed E-state index contributed by atoms with van der Waals surface area (Å²) in [6, 6.07) is 12.4. The zero-order valence-electron chi connectivity index (χ0n) is 18.6. The lowest BCUT2D eigenvalue weighted by atomic mass is 10.1. The van der Waals surface area contributed by atoms with Crippen molar-refractivity contribution in [2.45, 2.75) is 26.6 Å². The quantitative estimate of drug-likeness (QED) is 0.433. The number of benzene rings is 2. The highest BCUT2D eigenvalue weighted by molar-refractivity contribution is 6.06. The van der Waals surface area contributed by atoms with Crippen molar-refractivity contribution in [1.82, 2.24) is 30.4 Å². The molecule has 4 aromatic rings. The molecule has 0 fully saturated rings. The first-order valence-corrected chi connectivity index (χ1v) is 10.4. The van der Waals surface area contributed by atoms with E-state index in [-0.39, 0.29) is 28.7 Å². The number of aromatic nitrogens is 4. The normalized spacial score (nSPS) is 11.5. The topological polar surface area (TPSA) is 111 Å². The summed E-state index contributed by atoms with van der Waals surface area (Å²) in [5.74, 6) is -2.13. The third-order valence-electron chi connectivity index (χ3n) is 5.23. The first kappa shape index (κ1) is 23.7. The molecule has 35 heavy (non-hydrogen) atoms. The van der Waals surface area contributed by atoms with Gasteiger partial charge in [-0.15, -0.1) is 0 Å². The Kier molecular flexibility index (Phi) is 6.12. The van der Waals surface area contributed by atoms with Gasteiger partial charge in [-0.25, -0.2) is 9.36 Å². The highest BCUT2D eigenvalue weighted by Crippen LogP contribution is 2.33. The number of amides is 2. The largest absolute Gasteiger partial charge is 0.434 e. The van der Waals surface area contributed by atoms with Crippen molar-refractivity contribution >= 4 is 22.6 Å². The number of alkyl halides is 3. The molecule has 0 spiro atoms. The van der Waals surface area contributed by atoms with Gasteiger partial charge in [-0.2, -0.15) is 23.4 Å². The fraction of sp³-hybridized carbons (Fsp3) is 0.174. The van der Waals surface area contributed by atoms with Gasteiger partial charge >= 0.3 is 6.18 Å². The highest BCUT2D eigenvalue weighted by atomic mass is 19.4. The number of carbonyl (C=O) groups is 2. The van der Waals surface area contributed by atoms with Gasteiger partial charge in [-0.3, -0.25) is 25.2 Å². The molecule has 0 aliphatic carbocycles. The van der Waals surface area contributed by atoms with E-state index in [0.717, 1.165) is 16.4 Å². The first-order valence-electron chi connectivity index (χ1n) is 10.4. The number of fused-ring (bicyclic) bond motifs is 1. The number of halogens is 3. The average Bonchev–Trinajstić information content (AvgIpc) is 3.29. The molecule has 2 amide bonds. The summed E-state index contributed by atoms with van der Waals surface area (Å²) in [6.45, 7) is 3.63. The Hall–Kier alpha value is -4.48. The van der Waals surface area contributed by atoms with Crippen molar-refractivity contribution in [3.63, 3.8) is 0 Å². The van der Waals surface area contributed by atoms with E-state index in [1.807, 2.05) is 5.43 Å². The van der Waals surface area contributed by atoms with Crippen LogP contribution in [0.3, 0.4) is 0 Å². The first-order chi connectivity index (χ1) is 16.6. The molecule has 180 valence electrons. The molecular formula is C23H19F3N6O3. The van der Waals surface area contributed by atoms with Crippen molar-refractivity contribution in [3.05, 3.63) is 87.6 Å². The van der Waals surface area contributed by atoms with Crippen LogP contribution in [0.5, 0.6) is 0 Å². The van der Waals surface area contributed by atoms with Crippen LogP contribution < -0.4 is 16.4 Å². The van der Waals surface area contributed by atoms with Gasteiger partial charge in [-0.05, 0) is 32.0 Å². The maximum atomic E-state index is 13.9. The van der Waals surface area contributed by atoms with Gasteiger partial charge < -0.3 is 0 Å². The van der Waals surface area contributed by atoms with Crippen molar-refractivity contribution in [2.75, 3.05) is 0 Å². The summed E-state index contributed by atoms with van der Waals surface area (Å²) in [4.78, 5) is 37.8. The monoisotopic (exact) mass is 484 g/mol. The second kappa shape index (κ2) is 9.05.